The highest BCUT2D eigenvalue weighted by Crippen LogP contribution is 2.28. The fraction of sp³-hybridized carbons (Fsp3) is 0.412. The van der Waals surface area contributed by atoms with Crippen molar-refractivity contribution in [3.05, 3.63) is 47.8 Å². The molecule has 1 aromatic heterocycles. The molecule has 1 saturated heterocycles. The van der Waals surface area contributed by atoms with Gasteiger partial charge in [0.15, 0.2) is 5.69 Å². The molecule has 9 heteroatoms. The maximum absolute atomic E-state index is 12.7. The second kappa shape index (κ2) is 8.09. The molecule has 2 unspecified atom stereocenters. The summed E-state index contributed by atoms with van der Waals surface area (Å²) in [5.74, 6) is -0.245. The van der Waals surface area contributed by atoms with Crippen molar-refractivity contribution in [1.82, 2.24) is 20.4 Å². The van der Waals surface area contributed by atoms with Crippen LogP contribution in [-0.2, 0) is 6.18 Å². The molecule has 0 aliphatic carbocycles. The number of hydrogen-bond donors (Lipinski definition) is 2. The normalized spacial score (nSPS) is 20.3. The number of alkyl halides is 3. The van der Waals surface area contributed by atoms with E-state index in [1.165, 1.54) is 12.3 Å². The van der Waals surface area contributed by atoms with Gasteiger partial charge >= 0.3 is 6.18 Å². The number of nitrogens with one attached hydrogen (secondary N) is 2. The van der Waals surface area contributed by atoms with E-state index < -0.39 is 11.9 Å². The number of halogens is 4. The zero-order valence-corrected chi connectivity index (χ0v) is 14.9. The maximum atomic E-state index is 12.7. The summed E-state index contributed by atoms with van der Waals surface area (Å²) in [4.78, 5) is 12.5. The SMILES string of the molecule is CC1NCCCC1NC(=O)c1cccc(-n2ccc(C(F)(F)F)n2)c1.Cl. The van der Waals surface area contributed by atoms with Crippen molar-refractivity contribution in [1.29, 1.82) is 0 Å². The number of aromatic nitrogens is 2. The van der Waals surface area contributed by atoms with Crippen molar-refractivity contribution < 1.29 is 18.0 Å². The van der Waals surface area contributed by atoms with Crippen molar-refractivity contribution in [2.75, 3.05) is 6.54 Å². The van der Waals surface area contributed by atoms with Crippen molar-refractivity contribution in [2.24, 2.45) is 0 Å². The first-order valence-corrected chi connectivity index (χ1v) is 8.12. The van der Waals surface area contributed by atoms with Crippen molar-refractivity contribution in [3.63, 3.8) is 0 Å². The Bertz CT molecular complexity index is 762. The Hall–Kier alpha value is -2.06. The lowest BCUT2D eigenvalue weighted by molar-refractivity contribution is -0.141. The van der Waals surface area contributed by atoms with Gasteiger partial charge in [0, 0.05) is 23.8 Å². The Balaban J connectivity index is 0.00000243. The van der Waals surface area contributed by atoms with Crippen molar-refractivity contribution in [2.45, 2.75) is 38.0 Å². The lowest BCUT2D eigenvalue weighted by Crippen LogP contribution is -2.51. The minimum atomic E-state index is -4.50. The summed E-state index contributed by atoms with van der Waals surface area (Å²) in [6.07, 6.45) is -1.38. The van der Waals surface area contributed by atoms with Crippen LogP contribution in [0.1, 0.15) is 35.8 Å². The molecule has 0 spiro atoms. The quantitative estimate of drug-likeness (QED) is 0.849. The van der Waals surface area contributed by atoms with E-state index in [-0.39, 0.29) is 30.4 Å². The third kappa shape index (κ3) is 4.56. The number of hydrogen-bond acceptors (Lipinski definition) is 3. The molecule has 2 aromatic rings. The molecular weight excluding hydrogens is 369 g/mol. The first kappa shape index (κ1) is 20.3. The first-order chi connectivity index (χ1) is 11.8. The summed E-state index contributed by atoms with van der Waals surface area (Å²) >= 11 is 0. The highest BCUT2D eigenvalue weighted by atomic mass is 35.5. The second-order valence-corrected chi connectivity index (χ2v) is 6.16. The van der Waals surface area contributed by atoms with Gasteiger partial charge in [0.1, 0.15) is 0 Å². The van der Waals surface area contributed by atoms with E-state index >= 15 is 0 Å². The highest BCUT2D eigenvalue weighted by Gasteiger charge is 2.33. The second-order valence-electron chi connectivity index (χ2n) is 6.16. The Kier molecular flexibility index (Phi) is 6.30. The minimum Gasteiger partial charge on any atom is -0.348 e. The molecule has 1 fully saturated rings. The topological polar surface area (TPSA) is 58.9 Å². The maximum Gasteiger partial charge on any atom is 0.435 e. The molecule has 1 aliphatic heterocycles. The minimum absolute atomic E-state index is 0. The van der Waals surface area contributed by atoms with E-state index in [1.54, 1.807) is 18.2 Å². The van der Waals surface area contributed by atoms with Crippen LogP contribution in [-0.4, -0.2) is 34.3 Å². The molecule has 5 nitrogen and oxygen atoms in total. The first-order valence-electron chi connectivity index (χ1n) is 8.12. The predicted octanol–water partition coefficient (Wildman–Crippen LogP) is 3.18. The average Bonchev–Trinajstić information content (AvgIpc) is 3.07. The van der Waals surface area contributed by atoms with Crippen LogP contribution in [0, 0.1) is 0 Å². The summed E-state index contributed by atoms with van der Waals surface area (Å²) in [6, 6.07) is 7.52. The molecule has 1 aliphatic rings. The number of carbonyl (C=O) groups excluding carboxylic acids is 1. The third-order valence-electron chi connectivity index (χ3n) is 4.33. The Labute approximate surface area is 155 Å². The van der Waals surface area contributed by atoms with Crippen LogP contribution in [0.3, 0.4) is 0 Å². The van der Waals surface area contributed by atoms with Crippen LogP contribution < -0.4 is 10.6 Å². The molecule has 2 atom stereocenters. The van der Waals surface area contributed by atoms with Crippen LogP contribution in [0.25, 0.3) is 5.69 Å². The van der Waals surface area contributed by atoms with Gasteiger partial charge in [0.05, 0.1) is 5.69 Å². The molecule has 1 aromatic carbocycles. The molecule has 1 amide bonds. The Morgan fingerprint density at radius 3 is 2.77 bits per heavy atom. The number of amides is 1. The van der Waals surface area contributed by atoms with Crippen LogP contribution in [0.2, 0.25) is 0 Å². The van der Waals surface area contributed by atoms with Gasteiger partial charge < -0.3 is 10.6 Å². The standard InChI is InChI=1S/C17H19F3N4O.ClH/c1-11-14(6-3-8-21-11)22-16(25)12-4-2-5-13(10-12)24-9-7-15(23-24)17(18,19)20;/h2,4-5,7,9-11,14,21H,3,6,8H2,1H3,(H,22,25);1H. The van der Waals surface area contributed by atoms with Crippen LogP contribution in [0.15, 0.2) is 36.5 Å². The molecule has 142 valence electrons. The molecule has 0 saturated carbocycles. The smallest absolute Gasteiger partial charge is 0.348 e. The van der Waals surface area contributed by atoms with Gasteiger partial charge in [-0.3, -0.25) is 4.79 Å². The summed E-state index contributed by atoms with van der Waals surface area (Å²) in [6.45, 7) is 2.95. The van der Waals surface area contributed by atoms with Gasteiger partial charge in [-0.05, 0) is 50.6 Å². The number of benzene rings is 1. The van der Waals surface area contributed by atoms with Crippen LogP contribution in [0.5, 0.6) is 0 Å². The van der Waals surface area contributed by atoms with Crippen LogP contribution in [0.4, 0.5) is 13.2 Å². The predicted molar refractivity (Wildman–Crippen MR) is 93.8 cm³/mol. The van der Waals surface area contributed by atoms with Gasteiger partial charge in [-0.25, -0.2) is 4.68 Å². The van der Waals surface area contributed by atoms with E-state index in [4.69, 9.17) is 0 Å². The summed E-state index contributed by atoms with van der Waals surface area (Å²) < 4.78 is 39.1. The lowest BCUT2D eigenvalue weighted by Gasteiger charge is -2.30. The van der Waals surface area contributed by atoms with Crippen LogP contribution >= 0.6 is 12.4 Å². The van der Waals surface area contributed by atoms with E-state index in [0.29, 0.717) is 11.3 Å². The number of piperidine rings is 1. The summed E-state index contributed by atoms with van der Waals surface area (Å²) in [5, 5.41) is 9.82. The zero-order valence-electron chi connectivity index (χ0n) is 14.1. The number of nitrogens with zero attached hydrogens (tertiary/aromatic N) is 2. The number of rotatable bonds is 3. The molecule has 26 heavy (non-hydrogen) atoms. The van der Waals surface area contributed by atoms with Gasteiger partial charge in [0.25, 0.3) is 5.91 Å². The Morgan fingerprint density at radius 2 is 2.12 bits per heavy atom. The highest BCUT2D eigenvalue weighted by molar-refractivity contribution is 5.95. The largest absolute Gasteiger partial charge is 0.435 e. The van der Waals surface area contributed by atoms with Gasteiger partial charge in [-0.2, -0.15) is 18.3 Å². The average molecular weight is 389 g/mol. The molecule has 2 heterocycles. The van der Waals surface area contributed by atoms with E-state index in [2.05, 4.69) is 15.7 Å². The molecule has 3 rings (SSSR count). The van der Waals surface area contributed by atoms with Gasteiger partial charge in [-0.15, -0.1) is 12.4 Å². The number of carbonyl (C=O) groups is 1. The van der Waals surface area contributed by atoms with Gasteiger partial charge in [0.2, 0.25) is 0 Å². The molecular formula is C17H20ClF3N4O. The molecule has 0 radical (unpaired) electrons. The van der Waals surface area contributed by atoms with Crippen molar-refractivity contribution >= 4 is 18.3 Å². The Morgan fingerprint density at radius 1 is 1.35 bits per heavy atom. The lowest BCUT2D eigenvalue weighted by atomic mass is 9.99. The van der Waals surface area contributed by atoms with E-state index in [1.807, 2.05) is 6.92 Å². The van der Waals surface area contributed by atoms with E-state index in [9.17, 15) is 18.0 Å². The summed E-state index contributed by atoms with van der Waals surface area (Å²) in [7, 11) is 0. The molecule has 0 bridgehead atoms. The van der Waals surface area contributed by atoms with Crippen molar-refractivity contribution in [3.8, 4) is 5.69 Å². The monoisotopic (exact) mass is 388 g/mol. The zero-order chi connectivity index (χ0) is 18.0. The fourth-order valence-corrected chi connectivity index (χ4v) is 2.90. The van der Waals surface area contributed by atoms with E-state index in [0.717, 1.165) is 30.1 Å². The fourth-order valence-electron chi connectivity index (χ4n) is 2.90. The molecule has 2 N–H and O–H groups in total. The van der Waals surface area contributed by atoms with Gasteiger partial charge in [-0.1, -0.05) is 6.07 Å². The summed E-state index contributed by atoms with van der Waals surface area (Å²) in [5.41, 5.74) is -0.179. The third-order valence-corrected chi connectivity index (χ3v) is 4.33.